The zero-order valence-electron chi connectivity index (χ0n) is 16.5. The molecule has 1 aliphatic heterocycles. The van der Waals surface area contributed by atoms with Crippen molar-refractivity contribution < 1.29 is 19.4 Å². The second kappa shape index (κ2) is 8.62. The number of rotatable bonds is 3. The molecular formula is C23H31ClO4. The van der Waals surface area contributed by atoms with E-state index >= 15 is 0 Å². The van der Waals surface area contributed by atoms with Crippen LogP contribution in [0.15, 0.2) is 18.2 Å². The van der Waals surface area contributed by atoms with Crippen molar-refractivity contribution in [1.82, 2.24) is 0 Å². The molecule has 4 rings (SSSR count). The van der Waals surface area contributed by atoms with Crippen molar-refractivity contribution in [2.24, 2.45) is 11.8 Å². The van der Waals surface area contributed by atoms with Gasteiger partial charge in [0.2, 0.25) is 0 Å². The molecule has 0 saturated heterocycles. The molecule has 5 heteroatoms. The number of carbonyl (C=O) groups is 1. The summed E-state index contributed by atoms with van der Waals surface area (Å²) in [5.74, 6) is 0.200. The van der Waals surface area contributed by atoms with E-state index in [1.54, 1.807) is 6.07 Å². The van der Waals surface area contributed by atoms with Gasteiger partial charge in [-0.25, -0.2) is 4.79 Å². The average Bonchev–Trinajstić information content (AvgIpc) is 3.13. The van der Waals surface area contributed by atoms with Crippen LogP contribution in [0, 0.1) is 11.8 Å². The van der Waals surface area contributed by atoms with Crippen molar-refractivity contribution in [3.8, 4) is 5.75 Å². The molecule has 28 heavy (non-hydrogen) atoms. The Kier molecular flexibility index (Phi) is 6.17. The first-order chi connectivity index (χ1) is 13.6. The summed E-state index contributed by atoms with van der Waals surface area (Å²) in [6.07, 6.45) is 12.8. The Morgan fingerprint density at radius 2 is 1.46 bits per heavy atom. The van der Waals surface area contributed by atoms with E-state index in [9.17, 15) is 9.90 Å². The molecule has 1 heterocycles. The fraction of sp³-hybridized carbons (Fsp3) is 0.696. The number of benzene rings is 1. The van der Waals surface area contributed by atoms with Crippen molar-refractivity contribution >= 4 is 17.6 Å². The minimum absolute atomic E-state index is 0.307. The summed E-state index contributed by atoms with van der Waals surface area (Å²) in [6, 6.07) is 5.60. The largest absolute Gasteiger partial charge is 0.477 e. The van der Waals surface area contributed by atoms with Crippen LogP contribution in [-0.4, -0.2) is 17.4 Å². The van der Waals surface area contributed by atoms with Gasteiger partial charge in [-0.2, -0.15) is 0 Å². The van der Waals surface area contributed by atoms with E-state index in [0.717, 1.165) is 31.2 Å². The van der Waals surface area contributed by atoms with Crippen LogP contribution in [0.2, 0.25) is 5.02 Å². The van der Waals surface area contributed by atoms with Crippen molar-refractivity contribution in [3.05, 3.63) is 28.8 Å². The van der Waals surface area contributed by atoms with Crippen LogP contribution < -0.4 is 4.74 Å². The monoisotopic (exact) mass is 406 g/mol. The number of hydrogen-bond acceptors (Lipinski definition) is 3. The van der Waals surface area contributed by atoms with Crippen LogP contribution in [0.3, 0.4) is 0 Å². The molecule has 2 aliphatic carbocycles. The Balaban J connectivity index is 1.86. The highest BCUT2D eigenvalue weighted by molar-refractivity contribution is 6.30. The lowest BCUT2D eigenvalue weighted by molar-refractivity contribution is -0.248. The van der Waals surface area contributed by atoms with E-state index in [2.05, 4.69) is 0 Å². The van der Waals surface area contributed by atoms with Gasteiger partial charge in [0.1, 0.15) is 11.4 Å². The summed E-state index contributed by atoms with van der Waals surface area (Å²) in [6.45, 7) is 0. The van der Waals surface area contributed by atoms with Crippen LogP contribution in [-0.2, 0) is 15.1 Å². The maximum atomic E-state index is 11.9. The van der Waals surface area contributed by atoms with Crippen molar-refractivity contribution in [3.63, 3.8) is 0 Å². The number of halogens is 1. The van der Waals surface area contributed by atoms with Gasteiger partial charge >= 0.3 is 5.97 Å². The van der Waals surface area contributed by atoms with E-state index in [1.807, 2.05) is 12.1 Å². The minimum atomic E-state index is -1.25. The Hall–Kier alpha value is -1.26. The second-order valence-corrected chi connectivity index (χ2v) is 9.15. The smallest absolute Gasteiger partial charge is 0.373 e. The molecule has 0 spiro atoms. The molecule has 0 amide bonds. The van der Waals surface area contributed by atoms with Crippen LogP contribution in [0.5, 0.6) is 5.75 Å². The van der Waals surface area contributed by atoms with Gasteiger partial charge < -0.3 is 14.6 Å². The molecular weight excluding hydrogens is 376 g/mol. The molecule has 3 aliphatic rings. The maximum Gasteiger partial charge on any atom is 0.373 e. The minimum Gasteiger partial charge on any atom is -0.477 e. The van der Waals surface area contributed by atoms with Crippen molar-refractivity contribution in [1.29, 1.82) is 0 Å². The molecule has 1 unspecified atom stereocenters. The van der Waals surface area contributed by atoms with E-state index in [0.29, 0.717) is 22.6 Å². The number of carboxylic acid groups (broad SMARTS) is 1. The lowest BCUT2D eigenvalue weighted by atomic mass is 9.66. The molecule has 0 radical (unpaired) electrons. The van der Waals surface area contributed by atoms with Gasteiger partial charge in [0.15, 0.2) is 0 Å². The fourth-order valence-electron chi connectivity index (χ4n) is 5.77. The predicted molar refractivity (Wildman–Crippen MR) is 109 cm³/mol. The molecule has 154 valence electrons. The highest BCUT2D eigenvalue weighted by Crippen LogP contribution is 2.55. The number of ether oxygens (including phenoxy) is 2. The predicted octanol–water partition coefficient (Wildman–Crippen LogP) is 6.30. The summed E-state index contributed by atoms with van der Waals surface area (Å²) in [5.41, 5.74) is 0.368. The summed E-state index contributed by atoms with van der Waals surface area (Å²) in [7, 11) is 0. The zero-order valence-corrected chi connectivity index (χ0v) is 17.3. The standard InChI is InChI=1S/C23H31ClO4/c24-18-13-14-20-19(15-18)23(28-22(27-20)21(25)26,16-9-5-1-2-6-10-16)17-11-7-3-4-8-12-17/h13-17,22H,1-12H2,(H,25,26). The molecule has 1 N–H and O–H groups in total. The van der Waals surface area contributed by atoms with Gasteiger partial charge in [-0.15, -0.1) is 0 Å². The molecule has 2 fully saturated rings. The molecule has 0 bridgehead atoms. The zero-order chi connectivity index (χ0) is 19.6. The van der Waals surface area contributed by atoms with Crippen LogP contribution in [0.4, 0.5) is 0 Å². The maximum absolute atomic E-state index is 11.9. The van der Waals surface area contributed by atoms with Gasteiger partial charge in [0, 0.05) is 10.6 Å². The Labute approximate surface area is 172 Å². The topological polar surface area (TPSA) is 55.8 Å². The second-order valence-electron chi connectivity index (χ2n) is 8.72. The van der Waals surface area contributed by atoms with Gasteiger partial charge in [0.05, 0.1) is 0 Å². The summed E-state index contributed by atoms with van der Waals surface area (Å²) in [4.78, 5) is 11.9. The first-order valence-corrected chi connectivity index (χ1v) is 11.4. The Bertz CT molecular complexity index is 668. The van der Waals surface area contributed by atoms with Gasteiger partial charge in [0.25, 0.3) is 6.29 Å². The van der Waals surface area contributed by atoms with E-state index < -0.39 is 17.9 Å². The van der Waals surface area contributed by atoms with E-state index in [1.165, 1.54) is 51.4 Å². The molecule has 1 aromatic carbocycles. The number of fused-ring (bicyclic) bond motifs is 1. The number of hydrogen-bond donors (Lipinski definition) is 1. The Morgan fingerprint density at radius 1 is 0.929 bits per heavy atom. The SMILES string of the molecule is O=C(O)C1Oc2ccc(Cl)cc2C(C2CCCCCC2)(C2CCCCCC2)O1. The summed E-state index contributed by atoms with van der Waals surface area (Å²) >= 11 is 6.42. The number of carboxylic acids is 1. The van der Waals surface area contributed by atoms with Crippen molar-refractivity contribution in [2.75, 3.05) is 0 Å². The quantitative estimate of drug-likeness (QED) is 0.598. The molecule has 0 aromatic heterocycles. The first kappa shape index (κ1) is 20.0. The van der Waals surface area contributed by atoms with Crippen LogP contribution in [0.1, 0.15) is 82.6 Å². The highest BCUT2D eigenvalue weighted by Gasteiger charge is 2.54. The third-order valence-electron chi connectivity index (χ3n) is 7.02. The molecule has 1 aromatic rings. The van der Waals surface area contributed by atoms with Crippen LogP contribution >= 0.6 is 11.6 Å². The normalized spacial score (nSPS) is 26.5. The summed E-state index contributed by atoms with van der Waals surface area (Å²) in [5, 5.41) is 10.4. The van der Waals surface area contributed by atoms with Gasteiger partial charge in [-0.05, 0) is 55.7 Å². The van der Waals surface area contributed by atoms with Crippen LogP contribution in [0.25, 0.3) is 0 Å². The number of aliphatic carboxylic acids is 1. The van der Waals surface area contributed by atoms with Gasteiger partial charge in [-0.1, -0.05) is 63.0 Å². The lowest BCUT2D eigenvalue weighted by Gasteiger charge is -2.50. The van der Waals surface area contributed by atoms with E-state index in [-0.39, 0.29) is 0 Å². The average molecular weight is 407 g/mol. The molecule has 1 atom stereocenters. The van der Waals surface area contributed by atoms with Crippen molar-refractivity contribution in [2.45, 2.75) is 88.9 Å². The lowest BCUT2D eigenvalue weighted by Crippen LogP contribution is -2.53. The van der Waals surface area contributed by atoms with Gasteiger partial charge in [-0.3, -0.25) is 0 Å². The molecule has 2 saturated carbocycles. The fourth-order valence-corrected chi connectivity index (χ4v) is 5.95. The van der Waals surface area contributed by atoms with E-state index in [4.69, 9.17) is 21.1 Å². The highest BCUT2D eigenvalue weighted by atomic mass is 35.5. The first-order valence-electron chi connectivity index (χ1n) is 11.0. The summed E-state index contributed by atoms with van der Waals surface area (Å²) < 4.78 is 12.3. The Morgan fingerprint density at radius 3 is 1.96 bits per heavy atom. The molecule has 4 nitrogen and oxygen atoms in total. The third-order valence-corrected chi connectivity index (χ3v) is 7.26. The third kappa shape index (κ3) is 3.78.